The van der Waals surface area contributed by atoms with Crippen LogP contribution in [0.25, 0.3) is 0 Å². The van der Waals surface area contributed by atoms with E-state index in [-0.39, 0.29) is 0 Å². The first-order valence-corrected chi connectivity index (χ1v) is 7.78. The van der Waals surface area contributed by atoms with Crippen LogP contribution in [0.15, 0.2) is 42.9 Å². The molecule has 24 heavy (non-hydrogen) atoms. The highest BCUT2D eigenvalue weighted by Gasteiger charge is 2.30. The van der Waals surface area contributed by atoms with Crippen molar-refractivity contribution in [1.29, 1.82) is 0 Å². The molecule has 2 aromatic rings. The van der Waals surface area contributed by atoms with Gasteiger partial charge in [-0.05, 0) is 24.6 Å². The average Bonchev–Trinajstić information content (AvgIpc) is 3.01. The molecular formula is C17H18F3N3O. The Morgan fingerprint density at radius 2 is 2.12 bits per heavy atom. The minimum atomic E-state index is -4.30. The van der Waals surface area contributed by atoms with E-state index in [9.17, 15) is 13.2 Å². The van der Waals surface area contributed by atoms with Crippen molar-refractivity contribution in [3.63, 3.8) is 0 Å². The normalized spacial score (nSPS) is 18.7. The summed E-state index contributed by atoms with van der Waals surface area (Å²) < 4.78 is 43.9. The van der Waals surface area contributed by atoms with Gasteiger partial charge in [0.2, 0.25) is 5.88 Å². The third kappa shape index (κ3) is 4.44. The van der Waals surface area contributed by atoms with Crippen molar-refractivity contribution in [3.8, 4) is 5.88 Å². The minimum absolute atomic E-state index is 0.345. The largest absolute Gasteiger partial charge is 0.476 e. The van der Waals surface area contributed by atoms with E-state index in [0.29, 0.717) is 30.5 Å². The van der Waals surface area contributed by atoms with Crippen LogP contribution in [0.4, 0.5) is 13.2 Å². The molecule has 3 rings (SSSR count). The first kappa shape index (κ1) is 16.7. The Morgan fingerprint density at radius 1 is 1.25 bits per heavy atom. The summed E-state index contributed by atoms with van der Waals surface area (Å²) in [6.07, 6.45) is 1.38. The van der Waals surface area contributed by atoms with Crippen LogP contribution in [-0.2, 0) is 12.7 Å². The van der Waals surface area contributed by atoms with Crippen LogP contribution in [-0.4, -0.2) is 34.6 Å². The topological polar surface area (TPSA) is 38.2 Å². The Hall–Kier alpha value is -2.15. The maximum atomic E-state index is 12.8. The fourth-order valence-corrected chi connectivity index (χ4v) is 2.86. The van der Waals surface area contributed by atoms with Gasteiger partial charge in [-0.15, -0.1) is 0 Å². The molecule has 1 saturated heterocycles. The van der Waals surface area contributed by atoms with Crippen molar-refractivity contribution >= 4 is 0 Å². The second kappa shape index (κ2) is 7.17. The van der Waals surface area contributed by atoms with E-state index in [1.165, 1.54) is 12.1 Å². The van der Waals surface area contributed by atoms with Crippen LogP contribution >= 0.6 is 0 Å². The predicted octanol–water partition coefficient (Wildman–Crippen LogP) is 3.40. The SMILES string of the molecule is FC(F)(F)c1cccc(CN2CCC(COc3cnccn3)C2)c1. The van der Waals surface area contributed by atoms with Crippen molar-refractivity contribution in [3.05, 3.63) is 54.0 Å². The van der Waals surface area contributed by atoms with Gasteiger partial charge >= 0.3 is 6.18 Å². The second-order valence-corrected chi connectivity index (χ2v) is 5.94. The van der Waals surface area contributed by atoms with E-state index in [1.54, 1.807) is 24.7 Å². The van der Waals surface area contributed by atoms with Gasteiger partial charge < -0.3 is 4.74 Å². The molecule has 0 aliphatic carbocycles. The molecule has 2 heterocycles. The lowest BCUT2D eigenvalue weighted by Gasteiger charge is -2.17. The summed E-state index contributed by atoms with van der Waals surface area (Å²) in [5.74, 6) is 0.839. The molecule has 0 amide bonds. The number of halogens is 3. The molecule has 0 radical (unpaired) electrons. The zero-order chi connectivity index (χ0) is 17.0. The maximum Gasteiger partial charge on any atom is 0.416 e. The number of benzene rings is 1. The molecule has 128 valence electrons. The minimum Gasteiger partial charge on any atom is -0.476 e. The molecule has 0 spiro atoms. The maximum absolute atomic E-state index is 12.8. The monoisotopic (exact) mass is 337 g/mol. The number of ether oxygens (including phenoxy) is 1. The highest BCUT2D eigenvalue weighted by Crippen LogP contribution is 2.30. The first-order valence-electron chi connectivity index (χ1n) is 7.78. The standard InChI is InChI=1S/C17H18F3N3O/c18-17(19,20)15-3-1-2-13(8-15)10-23-7-4-14(11-23)12-24-16-9-21-5-6-22-16/h1-3,5-6,8-9,14H,4,7,10-12H2. The van der Waals surface area contributed by atoms with Crippen molar-refractivity contribution in [1.82, 2.24) is 14.9 Å². The van der Waals surface area contributed by atoms with E-state index in [4.69, 9.17) is 4.74 Å². The van der Waals surface area contributed by atoms with E-state index in [2.05, 4.69) is 14.9 Å². The van der Waals surface area contributed by atoms with Gasteiger partial charge in [0, 0.05) is 31.4 Å². The van der Waals surface area contributed by atoms with Crippen LogP contribution in [0.2, 0.25) is 0 Å². The molecule has 1 aromatic heterocycles. The van der Waals surface area contributed by atoms with Crippen LogP contribution < -0.4 is 4.74 Å². The smallest absolute Gasteiger partial charge is 0.416 e. The van der Waals surface area contributed by atoms with Gasteiger partial charge in [-0.1, -0.05) is 18.2 Å². The summed E-state index contributed by atoms with van der Waals surface area (Å²) in [4.78, 5) is 10.1. The lowest BCUT2D eigenvalue weighted by molar-refractivity contribution is -0.137. The molecule has 0 saturated carbocycles. The third-order valence-corrected chi connectivity index (χ3v) is 4.04. The van der Waals surface area contributed by atoms with Gasteiger partial charge in [0.15, 0.2) is 0 Å². The van der Waals surface area contributed by atoms with Gasteiger partial charge in [0.25, 0.3) is 0 Å². The third-order valence-electron chi connectivity index (χ3n) is 4.04. The van der Waals surface area contributed by atoms with Gasteiger partial charge in [-0.2, -0.15) is 13.2 Å². The van der Waals surface area contributed by atoms with Crippen molar-refractivity contribution in [2.24, 2.45) is 5.92 Å². The molecule has 1 unspecified atom stereocenters. The van der Waals surface area contributed by atoms with Gasteiger partial charge in [-0.3, -0.25) is 9.88 Å². The summed E-state index contributed by atoms with van der Waals surface area (Å²) in [6.45, 7) is 2.71. The molecule has 0 N–H and O–H groups in total. The van der Waals surface area contributed by atoms with Gasteiger partial charge in [0.1, 0.15) is 0 Å². The number of hydrogen-bond donors (Lipinski definition) is 0. The van der Waals surface area contributed by atoms with Crippen LogP contribution in [0, 0.1) is 5.92 Å². The second-order valence-electron chi connectivity index (χ2n) is 5.94. The summed E-state index contributed by atoms with van der Waals surface area (Å²) >= 11 is 0. The molecule has 1 atom stereocenters. The van der Waals surface area contributed by atoms with E-state index < -0.39 is 11.7 Å². The molecule has 0 bridgehead atoms. The Labute approximate surface area is 138 Å². The quantitative estimate of drug-likeness (QED) is 0.838. The number of nitrogens with zero attached hydrogens (tertiary/aromatic N) is 3. The molecule has 1 aliphatic rings. The number of hydrogen-bond acceptors (Lipinski definition) is 4. The molecule has 7 heteroatoms. The number of alkyl halides is 3. The fourth-order valence-electron chi connectivity index (χ4n) is 2.86. The predicted molar refractivity (Wildman–Crippen MR) is 82.4 cm³/mol. The summed E-state index contributed by atoms with van der Waals surface area (Å²) in [5.41, 5.74) is 0.0852. The van der Waals surface area contributed by atoms with Crippen molar-refractivity contribution in [2.75, 3.05) is 19.7 Å². The Balaban J connectivity index is 1.51. The highest BCUT2D eigenvalue weighted by molar-refractivity contribution is 5.25. The number of aromatic nitrogens is 2. The summed E-state index contributed by atoms with van der Waals surface area (Å²) in [6, 6.07) is 5.52. The molecule has 1 aliphatic heterocycles. The Bertz CT molecular complexity index is 664. The van der Waals surface area contributed by atoms with Crippen LogP contribution in [0.1, 0.15) is 17.5 Å². The first-order chi connectivity index (χ1) is 11.5. The zero-order valence-corrected chi connectivity index (χ0v) is 13.0. The lowest BCUT2D eigenvalue weighted by Crippen LogP contribution is -2.22. The van der Waals surface area contributed by atoms with Crippen LogP contribution in [0.3, 0.4) is 0 Å². The summed E-state index contributed by atoms with van der Waals surface area (Å²) in [7, 11) is 0. The highest BCUT2D eigenvalue weighted by atomic mass is 19.4. The van der Waals surface area contributed by atoms with Crippen LogP contribution in [0.5, 0.6) is 5.88 Å². The number of rotatable bonds is 5. The van der Waals surface area contributed by atoms with Crippen molar-refractivity contribution < 1.29 is 17.9 Å². The van der Waals surface area contributed by atoms with Crippen molar-refractivity contribution in [2.45, 2.75) is 19.1 Å². The lowest BCUT2D eigenvalue weighted by atomic mass is 10.1. The van der Waals surface area contributed by atoms with Gasteiger partial charge in [0.05, 0.1) is 18.4 Å². The van der Waals surface area contributed by atoms with E-state index in [1.807, 2.05) is 0 Å². The average molecular weight is 337 g/mol. The van der Waals surface area contributed by atoms with E-state index in [0.717, 1.165) is 25.6 Å². The molecule has 1 fully saturated rings. The molecular weight excluding hydrogens is 319 g/mol. The molecule has 1 aromatic carbocycles. The Morgan fingerprint density at radius 3 is 2.88 bits per heavy atom. The Kier molecular flexibility index (Phi) is 4.99. The fraction of sp³-hybridized carbons (Fsp3) is 0.412. The summed E-state index contributed by atoms with van der Waals surface area (Å²) in [5, 5.41) is 0. The zero-order valence-electron chi connectivity index (χ0n) is 13.0. The van der Waals surface area contributed by atoms with Gasteiger partial charge in [-0.25, -0.2) is 4.98 Å². The molecule has 4 nitrogen and oxygen atoms in total. The number of likely N-dealkylation sites (tertiary alicyclic amines) is 1. The van der Waals surface area contributed by atoms with E-state index >= 15 is 0 Å².